The van der Waals surface area contributed by atoms with Crippen LogP contribution in [0.25, 0.3) is 5.69 Å². The summed E-state index contributed by atoms with van der Waals surface area (Å²) in [5.41, 5.74) is 3.65. The van der Waals surface area contributed by atoms with E-state index in [4.69, 9.17) is 4.74 Å². The SMILES string of the molecule is COC(=O)c1c(NC(=O)CSc2nnc(C)n2-c2ccc(C)cc2)sc2c1CCC2. The molecule has 1 N–H and O–H groups in total. The molecule has 0 saturated heterocycles. The third-order valence-corrected chi connectivity index (χ3v) is 7.12. The van der Waals surface area contributed by atoms with Gasteiger partial charge in [0.1, 0.15) is 10.8 Å². The molecule has 3 aromatic rings. The van der Waals surface area contributed by atoms with E-state index >= 15 is 0 Å². The number of nitrogens with one attached hydrogen (secondary N) is 1. The fourth-order valence-corrected chi connectivity index (χ4v) is 5.62. The molecule has 1 aliphatic rings. The van der Waals surface area contributed by atoms with Crippen molar-refractivity contribution < 1.29 is 14.3 Å². The number of methoxy groups -OCH3 is 1. The lowest BCUT2D eigenvalue weighted by Gasteiger charge is -2.09. The average Bonchev–Trinajstić information content (AvgIpc) is 3.41. The number of hydrogen-bond acceptors (Lipinski definition) is 7. The molecule has 7 nitrogen and oxygen atoms in total. The first kappa shape index (κ1) is 20.6. The number of anilines is 1. The number of thiophene rings is 1. The van der Waals surface area contributed by atoms with Gasteiger partial charge in [0.2, 0.25) is 5.91 Å². The highest BCUT2D eigenvalue weighted by molar-refractivity contribution is 7.99. The Morgan fingerprint density at radius 3 is 2.70 bits per heavy atom. The monoisotopic (exact) mass is 442 g/mol. The third kappa shape index (κ3) is 3.99. The van der Waals surface area contributed by atoms with Crippen LogP contribution < -0.4 is 5.32 Å². The van der Waals surface area contributed by atoms with E-state index in [0.29, 0.717) is 15.7 Å². The third-order valence-electron chi connectivity index (χ3n) is 4.98. The van der Waals surface area contributed by atoms with E-state index in [-0.39, 0.29) is 11.7 Å². The quantitative estimate of drug-likeness (QED) is 0.460. The summed E-state index contributed by atoms with van der Waals surface area (Å²) in [6, 6.07) is 8.07. The lowest BCUT2D eigenvalue weighted by atomic mass is 10.1. The summed E-state index contributed by atoms with van der Waals surface area (Å²) in [6.45, 7) is 3.92. The first-order valence-corrected chi connectivity index (χ1v) is 11.4. The van der Waals surface area contributed by atoms with Crippen LogP contribution in [0.2, 0.25) is 0 Å². The second-order valence-corrected chi connectivity index (χ2v) is 9.14. The van der Waals surface area contributed by atoms with Crippen LogP contribution in [0.4, 0.5) is 5.00 Å². The van der Waals surface area contributed by atoms with Crippen LogP contribution in [0.5, 0.6) is 0 Å². The predicted octanol–water partition coefficient (Wildman–Crippen LogP) is 3.95. The molecule has 9 heteroatoms. The Morgan fingerprint density at radius 2 is 1.97 bits per heavy atom. The van der Waals surface area contributed by atoms with Gasteiger partial charge in [0, 0.05) is 10.6 Å². The first-order chi connectivity index (χ1) is 14.5. The molecule has 0 saturated carbocycles. The van der Waals surface area contributed by atoms with E-state index in [1.54, 1.807) is 0 Å². The Balaban J connectivity index is 1.48. The van der Waals surface area contributed by atoms with Crippen molar-refractivity contribution in [1.82, 2.24) is 14.8 Å². The maximum atomic E-state index is 12.6. The molecule has 4 rings (SSSR count). The lowest BCUT2D eigenvalue weighted by molar-refractivity contribution is -0.113. The highest BCUT2D eigenvalue weighted by Crippen LogP contribution is 2.39. The maximum absolute atomic E-state index is 12.6. The number of fused-ring (bicyclic) bond motifs is 1. The van der Waals surface area contributed by atoms with E-state index < -0.39 is 5.97 Å². The summed E-state index contributed by atoms with van der Waals surface area (Å²) < 4.78 is 6.86. The second kappa shape index (κ2) is 8.61. The molecule has 30 heavy (non-hydrogen) atoms. The molecular weight excluding hydrogens is 420 g/mol. The minimum absolute atomic E-state index is 0.160. The maximum Gasteiger partial charge on any atom is 0.341 e. The Hall–Kier alpha value is -2.65. The van der Waals surface area contributed by atoms with Gasteiger partial charge in [-0.3, -0.25) is 9.36 Å². The van der Waals surface area contributed by atoms with Crippen molar-refractivity contribution in [2.24, 2.45) is 0 Å². The average molecular weight is 443 g/mol. The molecule has 0 atom stereocenters. The fourth-order valence-electron chi connectivity index (χ4n) is 3.53. The van der Waals surface area contributed by atoms with Gasteiger partial charge in [-0.25, -0.2) is 4.79 Å². The lowest BCUT2D eigenvalue weighted by Crippen LogP contribution is -2.16. The number of aryl methyl sites for hydroxylation is 3. The zero-order chi connectivity index (χ0) is 21.3. The van der Waals surface area contributed by atoms with Crippen molar-refractivity contribution in [3.63, 3.8) is 0 Å². The first-order valence-electron chi connectivity index (χ1n) is 9.62. The Morgan fingerprint density at radius 1 is 1.20 bits per heavy atom. The standard InChI is InChI=1S/C21H22N4O3S2/c1-12-7-9-14(10-8-12)25-13(2)23-24-21(25)29-11-17(26)22-19-18(20(27)28-3)15-5-4-6-16(15)30-19/h7-10H,4-6,11H2,1-3H3,(H,22,26). The van der Waals surface area contributed by atoms with E-state index in [2.05, 4.69) is 15.5 Å². The van der Waals surface area contributed by atoms with Gasteiger partial charge >= 0.3 is 5.97 Å². The molecule has 1 amide bonds. The molecule has 0 unspecified atom stereocenters. The van der Waals surface area contributed by atoms with Crippen LogP contribution in [0, 0.1) is 13.8 Å². The van der Waals surface area contributed by atoms with Gasteiger partial charge < -0.3 is 10.1 Å². The molecule has 156 valence electrons. The molecule has 0 aliphatic heterocycles. The van der Waals surface area contributed by atoms with Gasteiger partial charge in [0.05, 0.1) is 18.4 Å². The summed E-state index contributed by atoms with van der Waals surface area (Å²) >= 11 is 2.78. The number of rotatable bonds is 6. The number of nitrogens with zero attached hydrogens (tertiary/aromatic N) is 3. The number of amides is 1. The Kier molecular flexibility index (Phi) is 5.92. The topological polar surface area (TPSA) is 86.1 Å². The summed E-state index contributed by atoms with van der Waals surface area (Å²) in [5.74, 6) is 0.324. The molecular formula is C21H22N4O3S2. The van der Waals surface area contributed by atoms with Gasteiger partial charge in [-0.05, 0) is 50.8 Å². The van der Waals surface area contributed by atoms with Crippen LogP contribution in [-0.4, -0.2) is 39.5 Å². The van der Waals surface area contributed by atoms with Crippen LogP contribution >= 0.6 is 23.1 Å². The molecule has 0 fully saturated rings. The smallest absolute Gasteiger partial charge is 0.341 e. The molecule has 1 aliphatic carbocycles. The molecule has 2 heterocycles. The normalized spacial score (nSPS) is 12.6. The van der Waals surface area contributed by atoms with Crippen molar-refractivity contribution in [2.45, 2.75) is 38.3 Å². The predicted molar refractivity (Wildman–Crippen MR) is 118 cm³/mol. The molecule has 2 aromatic heterocycles. The molecule has 0 spiro atoms. The second-order valence-electron chi connectivity index (χ2n) is 7.09. The van der Waals surface area contributed by atoms with Gasteiger partial charge in [-0.1, -0.05) is 29.5 Å². The number of esters is 1. The summed E-state index contributed by atoms with van der Waals surface area (Å²) in [7, 11) is 1.36. The zero-order valence-electron chi connectivity index (χ0n) is 17.0. The van der Waals surface area contributed by atoms with E-state index in [9.17, 15) is 9.59 Å². The summed E-state index contributed by atoms with van der Waals surface area (Å²) in [4.78, 5) is 26.1. The van der Waals surface area contributed by atoms with Gasteiger partial charge in [0.25, 0.3) is 0 Å². The van der Waals surface area contributed by atoms with Gasteiger partial charge in [0.15, 0.2) is 5.16 Å². The minimum atomic E-state index is -0.396. The van der Waals surface area contributed by atoms with E-state index in [0.717, 1.165) is 41.2 Å². The van der Waals surface area contributed by atoms with Crippen LogP contribution in [0.1, 0.15) is 38.6 Å². The number of benzene rings is 1. The van der Waals surface area contributed by atoms with E-state index in [1.165, 1.54) is 35.8 Å². The zero-order valence-corrected chi connectivity index (χ0v) is 18.7. The van der Waals surface area contributed by atoms with Gasteiger partial charge in [-0.2, -0.15) is 0 Å². The van der Waals surface area contributed by atoms with Crippen LogP contribution in [-0.2, 0) is 22.4 Å². The van der Waals surface area contributed by atoms with Crippen molar-refractivity contribution in [3.05, 3.63) is 51.7 Å². The number of ether oxygens (including phenoxy) is 1. The largest absolute Gasteiger partial charge is 0.465 e. The summed E-state index contributed by atoms with van der Waals surface area (Å²) in [6.07, 6.45) is 2.82. The van der Waals surface area contributed by atoms with Crippen molar-refractivity contribution in [3.8, 4) is 5.69 Å². The van der Waals surface area contributed by atoms with Crippen molar-refractivity contribution >= 4 is 40.0 Å². The Bertz CT molecular complexity index is 1100. The van der Waals surface area contributed by atoms with E-state index in [1.807, 2.05) is 42.7 Å². The number of thioether (sulfide) groups is 1. The fraction of sp³-hybridized carbons (Fsp3) is 0.333. The number of hydrogen-bond donors (Lipinski definition) is 1. The molecule has 1 aromatic carbocycles. The molecule has 0 radical (unpaired) electrons. The highest BCUT2D eigenvalue weighted by Gasteiger charge is 2.28. The minimum Gasteiger partial charge on any atom is -0.465 e. The summed E-state index contributed by atoms with van der Waals surface area (Å²) in [5, 5.41) is 12.5. The Labute approximate surface area is 182 Å². The number of aromatic nitrogens is 3. The van der Waals surface area contributed by atoms with Crippen LogP contribution in [0.15, 0.2) is 29.4 Å². The number of carbonyl (C=O) groups excluding carboxylic acids is 2. The number of carbonyl (C=O) groups is 2. The highest BCUT2D eigenvalue weighted by atomic mass is 32.2. The van der Waals surface area contributed by atoms with Crippen molar-refractivity contribution in [1.29, 1.82) is 0 Å². The van der Waals surface area contributed by atoms with Gasteiger partial charge in [-0.15, -0.1) is 21.5 Å². The van der Waals surface area contributed by atoms with Crippen LogP contribution in [0.3, 0.4) is 0 Å². The molecule has 0 bridgehead atoms. The van der Waals surface area contributed by atoms with Crippen molar-refractivity contribution in [2.75, 3.05) is 18.2 Å².